The monoisotopic (exact) mass is 444 g/mol. The zero-order chi connectivity index (χ0) is 19.6. The van der Waals surface area contributed by atoms with Gasteiger partial charge >= 0.3 is 6.36 Å². The molecule has 2 aromatic carbocycles. The van der Waals surface area contributed by atoms with Gasteiger partial charge in [0.05, 0.1) is 13.2 Å². The molecule has 3 rings (SSSR count). The molecule has 1 atom stereocenters. The highest BCUT2D eigenvalue weighted by Crippen LogP contribution is 2.37. The molecule has 2 aromatic rings. The van der Waals surface area contributed by atoms with Gasteiger partial charge in [0.15, 0.2) is 0 Å². The summed E-state index contributed by atoms with van der Waals surface area (Å²) in [5, 5.41) is 2.75. The van der Waals surface area contributed by atoms with Gasteiger partial charge in [0.2, 0.25) is 5.91 Å². The van der Waals surface area contributed by atoms with Crippen LogP contribution in [0, 0.1) is 0 Å². The average Bonchev–Trinajstić information content (AvgIpc) is 3.01. The number of carbonyl (C=O) groups is 1. The summed E-state index contributed by atoms with van der Waals surface area (Å²) in [7, 11) is 1.36. The molecule has 1 N–H and O–H groups in total. The molecule has 1 aliphatic heterocycles. The van der Waals surface area contributed by atoms with E-state index in [-0.39, 0.29) is 24.1 Å². The van der Waals surface area contributed by atoms with E-state index >= 15 is 0 Å². The fourth-order valence-electron chi connectivity index (χ4n) is 2.95. The van der Waals surface area contributed by atoms with E-state index in [2.05, 4.69) is 26.0 Å². The zero-order valence-electron chi connectivity index (χ0n) is 14.2. The topological polar surface area (TPSA) is 50.8 Å². The zero-order valence-corrected chi connectivity index (χ0v) is 15.8. The molecule has 1 unspecified atom stereocenters. The predicted octanol–water partition coefficient (Wildman–Crippen LogP) is 4.38. The van der Waals surface area contributed by atoms with Crippen LogP contribution in [0.5, 0.6) is 11.5 Å². The number of hydrogen-bond donors (Lipinski definition) is 1. The standard InChI is InChI=1S/C18H16BrF3N2O3/c1-26-15-6-13(7-16(9-15)27-18(20,21)22)24(14-8-17(25)23-10-14)12-4-2-11(19)3-5-12/h2-7,9,14H,8,10H2,1H3,(H,23,25). The maximum Gasteiger partial charge on any atom is 0.573 e. The number of methoxy groups -OCH3 is 1. The number of nitrogens with zero attached hydrogens (tertiary/aromatic N) is 1. The number of carbonyl (C=O) groups excluding carboxylic acids is 1. The normalized spacial score (nSPS) is 16.8. The van der Waals surface area contributed by atoms with Gasteiger partial charge in [-0.25, -0.2) is 0 Å². The summed E-state index contributed by atoms with van der Waals surface area (Å²) >= 11 is 3.36. The van der Waals surface area contributed by atoms with Crippen molar-refractivity contribution in [1.29, 1.82) is 0 Å². The van der Waals surface area contributed by atoms with Crippen LogP contribution in [0.25, 0.3) is 0 Å². The molecule has 144 valence electrons. The SMILES string of the molecule is COc1cc(OC(F)(F)F)cc(N(c2ccc(Br)cc2)C2CNC(=O)C2)c1. The van der Waals surface area contributed by atoms with E-state index in [9.17, 15) is 18.0 Å². The maximum atomic E-state index is 12.7. The Bertz CT molecular complexity index is 828. The highest BCUT2D eigenvalue weighted by atomic mass is 79.9. The van der Waals surface area contributed by atoms with Crippen LogP contribution < -0.4 is 19.7 Å². The summed E-state index contributed by atoms with van der Waals surface area (Å²) in [6, 6.07) is 11.1. The first-order valence-corrected chi connectivity index (χ1v) is 8.81. The molecule has 1 amide bonds. The summed E-state index contributed by atoms with van der Waals surface area (Å²) in [6.45, 7) is 0.377. The van der Waals surface area contributed by atoms with E-state index in [0.717, 1.165) is 16.2 Å². The Morgan fingerprint density at radius 3 is 2.33 bits per heavy atom. The van der Waals surface area contributed by atoms with Crippen LogP contribution in [0.3, 0.4) is 0 Å². The van der Waals surface area contributed by atoms with E-state index in [1.165, 1.54) is 13.2 Å². The van der Waals surface area contributed by atoms with Crippen molar-refractivity contribution < 1.29 is 27.4 Å². The quantitative estimate of drug-likeness (QED) is 0.743. The largest absolute Gasteiger partial charge is 0.573 e. The Labute approximate surface area is 162 Å². The number of alkyl halides is 3. The number of halogens is 4. The van der Waals surface area contributed by atoms with Crippen molar-refractivity contribution in [1.82, 2.24) is 5.32 Å². The van der Waals surface area contributed by atoms with Crippen molar-refractivity contribution in [3.8, 4) is 11.5 Å². The van der Waals surface area contributed by atoms with Gasteiger partial charge < -0.3 is 19.7 Å². The second kappa shape index (κ2) is 7.67. The summed E-state index contributed by atoms with van der Waals surface area (Å²) in [5.41, 5.74) is 1.16. The van der Waals surface area contributed by atoms with Gasteiger partial charge in [0.1, 0.15) is 11.5 Å². The Balaban J connectivity index is 2.06. The highest BCUT2D eigenvalue weighted by Gasteiger charge is 2.33. The van der Waals surface area contributed by atoms with Gasteiger partial charge in [-0.05, 0) is 24.3 Å². The molecule has 27 heavy (non-hydrogen) atoms. The molecular weight excluding hydrogens is 429 g/mol. The number of ether oxygens (including phenoxy) is 2. The van der Waals surface area contributed by atoms with Crippen LogP contribution in [-0.4, -0.2) is 32.0 Å². The molecule has 0 aliphatic carbocycles. The third-order valence-electron chi connectivity index (χ3n) is 4.04. The first kappa shape index (κ1) is 19.3. The smallest absolute Gasteiger partial charge is 0.497 e. The lowest BCUT2D eigenvalue weighted by Gasteiger charge is -2.31. The molecule has 1 heterocycles. The van der Waals surface area contributed by atoms with E-state index < -0.39 is 12.1 Å². The molecule has 0 spiro atoms. The molecule has 0 saturated carbocycles. The van der Waals surface area contributed by atoms with Crippen LogP contribution >= 0.6 is 15.9 Å². The van der Waals surface area contributed by atoms with E-state index in [0.29, 0.717) is 12.2 Å². The van der Waals surface area contributed by atoms with Crippen LogP contribution in [0.2, 0.25) is 0 Å². The lowest BCUT2D eigenvalue weighted by molar-refractivity contribution is -0.274. The van der Waals surface area contributed by atoms with Crippen molar-refractivity contribution in [3.05, 3.63) is 46.9 Å². The first-order valence-electron chi connectivity index (χ1n) is 8.01. The van der Waals surface area contributed by atoms with E-state index in [1.807, 2.05) is 24.3 Å². The Morgan fingerprint density at radius 1 is 1.11 bits per heavy atom. The molecule has 1 saturated heterocycles. The minimum atomic E-state index is -4.82. The van der Waals surface area contributed by atoms with Gasteiger partial charge in [0.25, 0.3) is 0 Å². The molecule has 0 radical (unpaired) electrons. The van der Waals surface area contributed by atoms with E-state index in [1.54, 1.807) is 11.0 Å². The van der Waals surface area contributed by atoms with Crippen molar-refractivity contribution in [2.45, 2.75) is 18.8 Å². The minimum Gasteiger partial charge on any atom is -0.497 e. The van der Waals surface area contributed by atoms with Gasteiger partial charge in [-0.2, -0.15) is 0 Å². The van der Waals surface area contributed by atoms with E-state index in [4.69, 9.17) is 4.74 Å². The third-order valence-corrected chi connectivity index (χ3v) is 4.57. The molecular formula is C18H16BrF3N2O3. The van der Waals surface area contributed by atoms with Gasteiger partial charge in [-0.1, -0.05) is 15.9 Å². The maximum absolute atomic E-state index is 12.7. The molecule has 0 aromatic heterocycles. The Kier molecular flexibility index (Phi) is 5.50. The number of hydrogen-bond acceptors (Lipinski definition) is 4. The first-order chi connectivity index (χ1) is 12.7. The summed E-state index contributed by atoms with van der Waals surface area (Å²) in [4.78, 5) is 13.5. The average molecular weight is 445 g/mol. The van der Waals surface area contributed by atoms with Crippen LogP contribution in [0.15, 0.2) is 46.9 Å². The highest BCUT2D eigenvalue weighted by molar-refractivity contribution is 9.10. The van der Waals surface area contributed by atoms with Crippen molar-refractivity contribution in [2.75, 3.05) is 18.6 Å². The second-order valence-electron chi connectivity index (χ2n) is 5.92. The fraction of sp³-hybridized carbons (Fsp3) is 0.278. The number of benzene rings is 2. The van der Waals surface area contributed by atoms with Crippen molar-refractivity contribution >= 4 is 33.2 Å². The van der Waals surface area contributed by atoms with Crippen LogP contribution in [-0.2, 0) is 4.79 Å². The van der Waals surface area contributed by atoms with Crippen molar-refractivity contribution in [2.24, 2.45) is 0 Å². The number of amides is 1. The second-order valence-corrected chi connectivity index (χ2v) is 6.84. The minimum absolute atomic E-state index is 0.114. The van der Waals surface area contributed by atoms with Gasteiger partial charge in [-0.15, -0.1) is 13.2 Å². The number of rotatable bonds is 5. The molecule has 1 fully saturated rings. The summed E-state index contributed by atoms with van der Waals surface area (Å²) in [6.07, 6.45) is -4.60. The lowest BCUT2D eigenvalue weighted by atomic mass is 10.1. The molecule has 5 nitrogen and oxygen atoms in total. The molecule has 1 aliphatic rings. The molecule has 9 heteroatoms. The number of nitrogens with one attached hydrogen (secondary N) is 1. The number of anilines is 2. The third kappa shape index (κ3) is 4.85. The Hall–Kier alpha value is -2.42. The van der Waals surface area contributed by atoms with Gasteiger partial charge in [-0.3, -0.25) is 4.79 Å². The Morgan fingerprint density at radius 2 is 1.78 bits per heavy atom. The summed E-state index contributed by atoms with van der Waals surface area (Å²) in [5.74, 6) is -0.292. The lowest BCUT2D eigenvalue weighted by Crippen LogP contribution is -2.33. The predicted molar refractivity (Wildman–Crippen MR) is 97.4 cm³/mol. The summed E-state index contributed by atoms with van der Waals surface area (Å²) < 4.78 is 48.2. The van der Waals surface area contributed by atoms with Crippen LogP contribution in [0.1, 0.15) is 6.42 Å². The van der Waals surface area contributed by atoms with Crippen LogP contribution in [0.4, 0.5) is 24.5 Å². The van der Waals surface area contributed by atoms with Gasteiger partial charge in [0, 0.05) is 47.0 Å². The van der Waals surface area contributed by atoms with Crippen molar-refractivity contribution in [3.63, 3.8) is 0 Å². The fourth-order valence-corrected chi connectivity index (χ4v) is 3.22. The molecule has 0 bridgehead atoms.